The molecule has 0 aromatic heterocycles. The Morgan fingerprint density at radius 1 is 0.759 bits per heavy atom. The molecule has 3 aromatic carbocycles. The molecular weight excluding hydrogens is 410 g/mol. The first-order valence-electron chi connectivity index (χ1n) is 8.85. The van der Waals surface area contributed by atoms with E-state index in [-0.39, 0.29) is 11.2 Å². The van der Waals surface area contributed by atoms with E-state index in [1.807, 2.05) is 26.0 Å². The van der Waals surface area contributed by atoms with E-state index >= 15 is 0 Å². The van der Waals surface area contributed by atoms with Crippen molar-refractivity contribution in [2.24, 2.45) is 0 Å². The molecule has 0 fully saturated rings. The number of benzene rings is 3. The Morgan fingerprint density at radius 2 is 1.17 bits per heavy atom. The molecule has 2 N–H and O–H groups in total. The molecule has 0 bridgehead atoms. The predicted molar refractivity (Wildman–Crippen MR) is 114 cm³/mol. The van der Waals surface area contributed by atoms with E-state index in [1.54, 1.807) is 66.7 Å². The van der Waals surface area contributed by atoms with Gasteiger partial charge in [-0.2, -0.15) is 0 Å². The standard InChI is InChI=1S/C12H10O3P.C9H13O3P/c13-16(14-11-7-3-1-4-8-11)15-12-9-5-2-6-10-12;1-7(2)8-5-3-4-6-9(8)13(10,11)12/h1-10H;3-7H,1-2H3,(H2,10,11,12)/q+1;. The lowest BCUT2D eigenvalue weighted by Crippen LogP contribution is -2.11. The molecule has 8 heteroatoms. The fraction of sp³-hybridized carbons (Fsp3) is 0.143. The van der Waals surface area contributed by atoms with E-state index in [9.17, 15) is 9.13 Å². The minimum atomic E-state index is -4.11. The van der Waals surface area contributed by atoms with Crippen LogP contribution in [0.1, 0.15) is 25.3 Å². The summed E-state index contributed by atoms with van der Waals surface area (Å²) in [4.78, 5) is 18.1. The van der Waals surface area contributed by atoms with Gasteiger partial charge in [-0.15, -0.1) is 0 Å². The zero-order valence-corrected chi connectivity index (χ0v) is 17.9. The van der Waals surface area contributed by atoms with Crippen molar-refractivity contribution in [3.63, 3.8) is 0 Å². The van der Waals surface area contributed by atoms with Crippen LogP contribution in [0.3, 0.4) is 0 Å². The first kappa shape index (κ1) is 22.8. The summed E-state index contributed by atoms with van der Waals surface area (Å²) in [7, 11) is -6.29. The van der Waals surface area contributed by atoms with Crippen LogP contribution in [0.2, 0.25) is 0 Å². The first-order valence-corrected chi connectivity index (χ1v) is 11.6. The van der Waals surface area contributed by atoms with Gasteiger partial charge in [-0.1, -0.05) is 68.4 Å². The summed E-state index contributed by atoms with van der Waals surface area (Å²) < 4.78 is 32.7. The topological polar surface area (TPSA) is 93.1 Å². The highest BCUT2D eigenvalue weighted by Crippen LogP contribution is 2.36. The van der Waals surface area contributed by atoms with Crippen LogP contribution in [0.25, 0.3) is 0 Å². The van der Waals surface area contributed by atoms with Crippen molar-refractivity contribution in [1.29, 1.82) is 0 Å². The fourth-order valence-corrected chi connectivity index (χ4v) is 3.97. The molecule has 0 atom stereocenters. The summed E-state index contributed by atoms with van der Waals surface area (Å²) in [6.45, 7) is 3.82. The largest absolute Gasteiger partial charge is 0.805 e. The summed E-state index contributed by atoms with van der Waals surface area (Å²) in [5.41, 5.74) is 0.718. The van der Waals surface area contributed by atoms with E-state index in [0.29, 0.717) is 11.5 Å². The van der Waals surface area contributed by atoms with Crippen molar-refractivity contribution in [2.45, 2.75) is 19.8 Å². The summed E-state index contributed by atoms with van der Waals surface area (Å²) in [5, 5.41) is 0.144. The van der Waals surface area contributed by atoms with E-state index < -0.39 is 15.9 Å². The van der Waals surface area contributed by atoms with E-state index in [2.05, 4.69) is 0 Å². The third-order valence-corrected chi connectivity index (χ3v) is 5.47. The highest BCUT2D eigenvalue weighted by Gasteiger charge is 2.23. The van der Waals surface area contributed by atoms with Crippen molar-refractivity contribution in [1.82, 2.24) is 0 Å². The molecule has 152 valence electrons. The summed E-state index contributed by atoms with van der Waals surface area (Å²) in [6.07, 6.45) is 0. The van der Waals surface area contributed by atoms with Gasteiger partial charge in [0.2, 0.25) is 0 Å². The molecule has 29 heavy (non-hydrogen) atoms. The van der Waals surface area contributed by atoms with Crippen molar-refractivity contribution in [3.05, 3.63) is 90.5 Å². The number of para-hydroxylation sites is 2. The van der Waals surface area contributed by atoms with Gasteiger partial charge < -0.3 is 9.79 Å². The second-order valence-corrected chi connectivity index (χ2v) is 8.67. The number of hydrogen-bond donors (Lipinski definition) is 2. The molecule has 0 aliphatic heterocycles. The normalized spacial score (nSPS) is 10.7. The maximum Gasteiger partial charge on any atom is 0.805 e. The van der Waals surface area contributed by atoms with Crippen LogP contribution in [0.15, 0.2) is 84.9 Å². The minimum Gasteiger partial charge on any atom is -0.321 e. The molecule has 3 rings (SSSR count). The Labute approximate surface area is 171 Å². The van der Waals surface area contributed by atoms with Crippen molar-refractivity contribution in [2.75, 3.05) is 0 Å². The minimum absolute atomic E-state index is 0.129. The van der Waals surface area contributed by atoms with E-state index in [0.717, 1.165) is 5.56 Å². The molecule has 0 saturated heterocycles. The summed E-state index contributed by atoms with van der Waals surface area (Å²) >= 11 is 0. The molecule has 0 unspecified atom stereocenters. The van der Waals surface area contributed by atoms with Crippen molar-refractivity contribution >= 4 is 21.2 Å². The Morgan fingerprint density at radius 3 is 1.55 bits per heavy atom. The molecule has 0 heterocycles. The quantitative estimate of drug-likeness (QED) is 0.505. The zero-order chi connectivity index (χ0) is 21.3. The molecule has 0 aliphatic rings. The maximum absolute atomic E-state index is 11.5. The molecule has 0 saturated carbocycles. The first-order chi connectivity index (χ1) is 13.8. The van der Waals surface area contributed by atoms with Gasteiger partial charge >= 0.3 is 15.9 Å². The second-order valence-electron chi connectivity index (χ2n) is 6.29. The molecule has 3 aromatic rings. The van der Waals surface area contributed by atoms with Crippen molar-refractivity contribution in [3.8, 4) is 11.5 Å². The van der Waals surface area contributed by atoms with Gasteiger partial charge in [0.1, 0.15) is 0 Å². The average molecular weight is 433 g/mol. The van der Waals surface area contributed by atoms with Gasteiger partial charge in [0.15, 0.2) is 11.5 Å². The smallest absolute Gasteiger partial charge is 0.321 e. The zero-order valence-electron chi connectivity index (χ0n) is 16.1. The highest BCUT2D eigenvalue weighted by atomic mass is 31.2. The van der Waals surface area contributed by atoms with Crippen molar-refractivity contribution < 1.29 is 28.0 Å². The van der Waals surface area contributed by atoms with Gasteiger partial charge in [0, 0.05) is 4.57 Å². The van der Waals surface area contributed by atoms with E-state index in [4.69, 9.17) is 18.8 Å². The van der Waals surface area contributed by atoms with Gasteiger partial charge in [0.25, 0.3) is 0 Å². The lowest BCUT2D eigenvalue weighted by molar-refractivity contribution is 0.387. The lowest BCUT2D eigenvalue weighted by atomic mass is 10.0. The summed E-state index contributed by atoms with van der Waals surface area (Å²) in [6, 6.07) is 24.5. The lowest BCUT2D eigenvalue weighted by Gasteiger charge is -2.12. The van der Waals surface area contributed by atoms with Crippen LogP contribution in [-0.4, -0.2) is 9.79 Å². The maximum atomic E-state index is 11.5. The highest BCUT2D eigenvalue weighted by molar-refractivity contribution is 7.60. The van der Waals surface area contributed by atoms with Crippen LogP contribution < -0.4 is 14.4 Å². The molecular formula is C21H23O6P2+. The SMILES string of the molecule is CC(C)c1ccccc1P(=O)(O)O.O=[P+](Oc1ccccc1)Oc1ccccc1. The Bertz CT molecular complexity index is 912. The molecule has 0 radical (unpaired) electrons. The third-order valence-electron chi connectivity index (χ3n) is 3.72. The average Bonchev–Trinajstić information content (AvgIpc) is 2.69. The molecule has 0 spiro atoms. The molecule has 0 amide bonds. The van der Waals surface area contributed by atoms with Crippen LogP contribution in [0, 0.1) is 0 Å². The van der Waals surface area contributed by atoms with Crippen LogP contribution in [-0.2, 0) is 9.13 Å². The third kappa shape index (κ3) is 7.80. The summed E-state index contributed by atoms with van der Waals surface area (Å²) in [5.74, 6) is 1.18. The molecule has 0 aliphatic carbocycles. The van der Waals surface area contributed by atoms with Gasteiger partial charge in [-0.05, 0) is 41.8 Å². The Hall–Kier alpha value is -2.49. The molecule has 6 nitrogen and oxygen atoms in total. The fourth-order valence-electron chi connectivity index (χ4n) is 2.39. The van der Waals surface area contributed by atoms with Crippen LogP contribution >= 0.6 is 15.9 Å². The van der Waals surface area contributed by atoms with Crippen LogP contribution in [0.5, 0.6) is 11.5 Å². The number of hydrogen-bond acceptors (Lipinski definition) is 4. The van der Waals surface area contributed by atoms with Gasteiger partial charge in [0.05, 0.1) is 5.30 Å². The second kappa shape index (κ2) is 10.9. The van der Waals surface area contributed by atoms with Crippen LogP contribution in [0.4, 0.5) is 0 Å². The Balaban J connectivity index is 0.000000212. The van der Waals surface area contributed by atoms with Gasteiger partial charge in [-0.25, -0.2) is 9.05 Å². The number of rotatable bonds is 6. The predicted octanol–water partition coefficient (Wildman–Crippen LogP) is 5.41. The Kier molecular flexibility index (Phi) is 8.56. The monoisotopic (exact) mass is 433 g/mol. The van der Waals surface area contributed by atoms with Gasteiger partial charge in [-0.3, -0.25) is 4.57 Å². The van der Waals surface area contributed by atoms with E-state index in [1.165, 1.54) is 6.07 Å².